The van der Waals surface area contributed by atoms with E-state index in [4.69, 9.17) is 4.99 Å². The van der Waals surface area contributed by atoms with Crippen LogP contribution in [-0.2, 0) is 0 Å². The second-order valence-corrected chi connectivity index (χ2v) is 6.19. The Hall–Kier alpha value is -2.79. The molecule has 2 heterocycles. The summed E-state index contributed by atoms with van der Waals surface area (Å²) in [5.41, 5.74) is 3.93. The van der Waals surface area contributed by atoms with E-state index in [1.54, 1.807) is 16.0 Å². The summed E-state index contributed by atoms with van der Waals surface area (Å²) in [4.78, 5) is 5.88. The summed E-state index contributed by atoms with van der Waals surface area (Å²) in [5, 5.41) is 10.6. The van der Waals surface area contributed by atoms with Crippen LogP contribution >= 0.6 is 11.3 Å². The van der Waals surface area contributed by atoms with Crippen molar-refractivity contribution in [2.24, 2.45) is 4.99 Å². The number of nitrogens with zero attached hydrogens (tertiary/aromatic N) is 4. The minimum atomic E-state index is 0.789. The lowest BCUT2D eigenvalue weighted by molar-refractivity contribution is 0.863. The van der Waals surface area contributed by atoms with Crippen LogP contribution in [-0.4, -0.2) is 20.8 Å². The molecule has 4 aromatic rings. The highest BCUT2D eigenvalue weighted by molar-refractivity contribution is 7.12. The number of aromatic nitrogens is 3. The number of para-hydroxylation sites is 1. The highest BCUT2D eigenvalue weighted by Crippen LogP contribution is 2.20. The van der Waals surface area contributed by atoms with E-state index in [0.717, 1.165) is 27.4 Å². The molecule has 2 aromatic heterocycles. The average Bonchev–Trinajstić information content (AvgIpc) is 3.24. The molecule has 5 heteroatoms. The fraction of sp³-hybridized carbons (Fsp3) is 0.0556. The molecule has 0 unspecified atom stereocenters. The van der Waals surface area contributed by atoms with E-state index in [0.29, 0.717) is 0 Å². The highest BCUT2D eigenvalue weighted by atomic mass is 32.1. The average molecular weight is 318 g/mol. The van der Waals surface area contributed by atoms with Gasteiger partial charge in [0.25, 0.3) is 0 Å². The summed E-state index contributed by atoms with van der Waals surface area (Å²) >= 11 is 1.64. The molecule has 0 radical (unpaired) electrons. The zero-order valence-corrected chi connectivity index (χ0v) is 13.4. The lowest BCUT2D eigenvalue weighted by Gasteiger charge is -2.05. The Labute approximate surface area is 137 Å². The molecule has 112 valence electrons. The van der Waals surface area contributed by atoms with E-state index in [1.807, 2.05) is 53.9 Å². The Morgan fingerprint density at radius 2 is 1.83 bits per heavy atom. The predicted octanol–water partition coefficient (Wildman–Crippen LogP) is 4.43. The summed E-state index contributed by atoms with van der Waals surface area (Å²) in [6.45, 7) is 2.07. The maximum absolute atomic E-state index is 4.82. The molecule has 23 heavy (non-hydrogen) atoms. The van der Waals surface area contributed by atoms with Gasteiger partial charge in [-0.25, -0.2) is 4.99 Å². The summed E-state index contributed by atoms with van der Waals surface area (Å²) in [5.74, 6) is 0.789. The SMILES string of the molecule is Cc1ccc(N=C(c2cccs2)n2nnc3ccccc32)cc1. The van der Waals surface area contributed by atoms with Gasteiger partial charge in [0.05, 0.1) is 16.1 Å². The normalized spacial score (nSPS) is 12.0. The zero-order valence-electron chi connectivity index (χ0n) is 12.5. The van der Waals surface area contributed by atoms with Gasteiger partial charge in [-0.3, -0.25) is 0 Å². The standard InChI is InChI=1S/C18H14N4S/c1-13-8-10-14(11-9-13)19-18(17-7-4-12-23-17)22-16-6-3-2-5-15(16)20-21-22/h2-12H,1H3. The molecular weight excluding hydrogens is 304 g/mol. The molecule has 2 aromatic carbocycles. The Morgan fingerprint density at radius 1 is 1.00 bits per heavy atom. The van der Waals surface area contributed by atoms with Gasteiger partial charge >= 0.3 is 0 Å². The Bertz CT molecular complexity index is 966. The Morgan fingerprint density at radius 3 is 2.61 bits per heavy atom. The number of fused-ring (bicyclic) bond motifs is 1. The smallest absolute Gasteiger partial charge is 0.173 e. The molecule has 0 aliphatic carbocycles. The van der Waals surface area contributed by atoms with Gasteiger partial charge < -0.3 is 0 Å². The zero-order chi connectivity index (χ0) is 15.6. The van der Waals surface area contributed by atoms with Gasteiger partial charge in [-0.15, -0.1) is 16.4 Å². The van der Waals surface area contributed by atoms with Crippen molar-refractivity contribution < 1.29 is 0 Å². The molecule has 0 saturated heterocycles. The number of hydrogen-bond acceptors (Lipinski definition) is 4. The lowest BCUT2D eigenvalue weighted by atomic mass is 10.2. The number of aryl methyl sites for hydroxylation is 1. The van der Waals surface area contributed by atoms with Crippen LogP contribution in [0.4, 0.5) is 5.69 Å². The molecule has 0 bridgehead atoms. The van der Waals surface area contributed by atoms with Crippen LogP contribution < -0.4 is 0 Å². The molecule has 0 spiro atoms. The Kier molecular flexibility index (Phi) is 3.48. The van der Waals surface area contributed by atoms with Crippen LogP contribution in [0.2, 0.25) is 0 Å². The molecule has 0 aliphatic heterocycles. The van der Waals surface area contributed by atoms with E-state index < -0.39 is 0 Å². The van der Waals surface area contributed by atoms with Crippen molar-refractivity contribution >= 4 is 33.9 Å². The van der Waals surface area contributed by atoms with Crippen molar-refractivity contribution in [2.75, 3.05) is 0 Å². The molecule has 4 rings (SSSR count). The largest absolute Gasteiger partial charge is 0.228 e. The van der Waals surface area contributed by atoms with E-state index in [-0.39, 0.29) is 0 Å². The van der Waals surface area contributed by atoms with Crippen molar-refractivity contribution in [3.63, 3.8) is 0 Å². The topological polar surface area (TPSA) is 43.1 Å². The molecule has 0 aliphatic rings. The third-order valence-corrected chi connectivity index (χ3v) is 4.43. The highest BCUT2D eigenvalue weighted by Gasteiger charge is 2.13. The monoisotopic (exact) mass is 318 g/mol. The molecule has 0 fully saturated rings. The van der Waals surface area contributed by atoms with Gasteiger partial charge in [-0.05, 0) is 42.6 Å². The second-order valence-electron chi connectivity index (χ2n) is 5.24. The molecule has 0 N–H and O–H groups in total. The molecule has 0 atom stereocenters. The van der Waals surface area contributed by atoms with Gasteiger partial charge in [0.2, 0.25) is 0 Å². The van der Waals surface area contributed by atoms with E-state index in [1.165, 1.54) is 5.56 Å². The van der Waals surface area contributed by atoms with Crippen molar-refractivity contribution in [1.29, 1.82) is 0 Å². The first-order chi connectivity index (χ1) is 11.3. The van der Waals surface area contributed by atoms with Gasteiger partial charge in [0.1, 0.15) is 5.52 Å². The fourth-order valence-electron chi connectivity index (χ4n) is 2.38. The van der Waals surface area contributed by atoms with Gasteiger partial charge in [0, 0.05) is 0 Å². The number of benzene rings is 2. The Balaban J connectivity index is 1.91. The van der Waals surface area contributed by atoms with Crippen LogP contribution in [0.5, 0.6) is 0 Å². The quantitative estimate of drug-likeness (QED) is 0.405. The predicted molar refractivity (Wildman–Crippen MR) is 94.6 cm³/mol. The summed E-state index contributed by atoms with van der Waals surface area (Å²) in [6, 6.07) is 20.1. The second kappa shape index (κ2) is 5.78. The summed E-state index contributed by atoms with van der Waals surface area (Å²) < 4.78 is 1.81. The minimum absolute atomic E-state index is 0.789. The van der Waals surface area contributed by atoms with Crippen molar-refractivity contribution in [3.8, 4) is 0 Å². The first-order valence-electron chi connectivity index (χ1n) is 7.31. The van der Waals surface area contributed by atoms with Gasteiger partial charge in [0.15, 0.2) is 5.84 Å². The molecule has 4 nitrogen and oxygen atoms in total. The number of rotatable bonds is 2. The van der Waals surface area contributed by atoms with Crippen LogP contribution in [0.1, 0.15) is 10.4 Å². The fourth-order valence-corrected chi connectivity index (χ4v) is 3.08. The lowest BCUT2D eigenvalue weighted by Crippen LogP contribution is -2.13. The maximum Gasteiger partial charge on any atom is 0.173 e. The van der Waals surface area contributed by atoms with Gasteiger partial charge in [-0.2, -0.15) is 4.68 Å². The first-order valence-corrected chi connectivity index (χ1v) is 8.19. The van der Waals surface area contributed by atoms with Crippen LogP contribution in [0.25, 0.3) is 11.0 Å². The number of aliphatic imine (C=N–C) groups is 1. The minimum Gasteiger partial charge on any atom is -0.228 e. The van der Waals surface area contributed by atoms with E-state index in [9.17, 15) is 0 Å². The third kappa shape index (κ3) is 2.66. The van der Waals surface area contributed by atoms with Gasteiger partial charge in [-0.1, -0.05) is 41.1 Å². The molecule has 0 amide bonds. The molecule has 0 saturated carbocycles. The summed E-state index contributed by atoms with van der Waals surface area (Å²) in [6.07, 6.45) is 0. The van der Waals surface area contributed by atoms with Crippen molar-refractivity contribution in [2.45, 2.75) is 6.92 Å². The van der Waals surface area contributed by atoms with Crippen molar-refractivity contribution in [1.82, 2.24) is 15.0 Å². The van der Waals surface area contributed by atoms with Crippen LogP contribution in [0, 0.1) is 6.92 Å². The number of thiophene rings is 1. The van der Waals surface area contributed by atoms with Crippen LogP contribution in [0.15, 0.2) is 71.0 Å². The number of hydrogen-bond donors (Lipinski definition) is 0. The van der Waals surface area contributed by atoms with Crippen molar-refractivity contribution in [3.05, 3.63) is 76.5 Å². The summed E-state index contributed by atoms with van der Waals surface area (Å²) in [7, 11) is 0. The first kappa shape index (κ1) is 13.8. The van der Waals surface area contributed by atoms with Crippen LogP contribution in [0.3, 0.4) is 0 Å². The third-order valence-electron chi connectivity index (χ3n) is 3.56. The van der Waals surface area contributed by atoms with E-state index in [2.05, 4.69) is 29.4 Å². The maximum atomic E-state index is 4.82. The van der Waals surface area contributed by atoms with E-state index >= 15 is 0 Å². The molecular formula is C18H14N4S.